The molecule has 58 heavy (non-hydrogen) atoms. The van der Waals surface area contributed by atoms with Crippen molar-refractivity contribution in [2.24, 2.45) is 0 Å². The molecule has 330 valence electrons. The van der Waals surface area contributed by atoms with E-state index in [1.54, 1.807) is 0 Å². The van der Waals surface area contributed by atoms with Gasteiger partial charge in [-0.1, -0.05) is 183 Å². The van der Waals surface area contributed by atoms with Crippen molar-refractivity contribution in [1.82, 2.24) is 0 Å². The van der Waals surface area contributed by atoms with Gasteiger partial charge in [-0.25, -0.2) is 0 Å². The molecule has 0 aliphatic heterocycles. The van der Waals surface area contributed by atoms with Gasteiger partial charge < -0.3 is 14.2 Å². The molecular formula is C52H86O6. The van der Waals surface area contributed by atoms with E-state index in [9.17, 15) is 14.4 Å². The van der Waals surface area contributed by atoms with Crippen LogP contribution in [0.2, 0.25) is 0 Å². The van der Waals surface area contributed by atoms with Crippen LogP contribution in [0.4, 0.5) is 0 Å². The SMILES string of the molecule is CC/C=C\C/C=C\C/C=C\C/C=C\CCCCCCCCC(=O)OCC(COC(=O)CCCCCCCC)OC(=O)CCCCCCC/C=C\C/C=C\C/C=C\CC. The molecule has 0 aliphatic rings. The van der Waals surface area contributed by atoms with Crippen LogP contribution in [0.1, 0.15) is 207 Å². The van der Waals surface area contributed by atoms with E-state index in [4.69, 9.17) is 14.2 Å². The lowest BCUT2D eigenvalue weighted by Crippen LogP contribution is -2.30. The molecule has 0 saturated carbocycles. The highest BCUT2D eigenvalue weighted by molar-refractivity contribution is 5.71. The molecular weight excluding hydrogens is 721 g/mol. The monoisotopic (exact) mass is 807 g/mol. The Morgan fingerprint density at radius 1 is 0.362 bits per heavy atom. The second kappa shape index (κ2) is 46.3. The van der Waals surface area contributed by atoms with Gasteiger partial charge in [-0.3, -0.25) is 14.4 Å². The van der Waals surface area contributed by atoms with Gasteiger partial charge in [-0.05, 0) is 89.9 Å². The van der Waals surface area contributed by atoms with E-state index in [0.29, 0.717) is 19.3 Å². The Labute approximate surface area is 356 Å². The largest absolute Gasteiger partial charge is 0.462 e. The standard InChI is InChI=1S/C52H86O6/c1-4-7-10-13-16-18-20-22-24-25-26-27-29-30-32-34-36-39-42-45-51(54)57-48-49(47-56-50(53)44-41-38-15-12-9-6-3)58-52(55)46-43-40-37-35-33-31-28-23-21-19-17-14-11-8-5-2/h7-8,10-11,16-19,22-24,26-28,49H,4-6,9,12-15,20-21,25,29-48H2,1-3H3/b10-7-,11-8-,18-16-,19-17-,24-22-,27-26-,28-23-. The molecule has 0 N–H and O–H groups in total. The highest BCUT2D eigenvalue weighted by atomic mass is 16.6. The minimum Gasteiger partial charge on any atom is -0.462 e. The van der Waals surface area contributed by atoms with Gasteiger partial charge in [0.25, 0.3) is 0 Å². The number of carbonyl (C=O) groups excluding carboxylic acids is 3. The molecule has 6 nitrogen and oxygen atoms in total. The van der Waals surface area contributed by atoms with Crippen molar-refractivity contribution in [1.29, 1.82) is 0 Å². The summed E-state index contributed by atoms with van der Waals surface area (Å²) in [7, 11) is 0. The fourth-order valence-corrected chi connectivity index (χ4v) is 6.15. The predicted molar refractivity (Wildman–Crippen MR) is 247 cm³/mol. The van der Waals surface area contributed by atoms with Gasteiger partial charge in [0.2, 0.25) is 0 Å². The molecule has 0 spiro atoms. The topological polar surface area (TPSA) is 78.9 Å². The number of hydrogen-bond donors (Lipinski definition) is 0. The highest BCUT2D eigenvalue weighted by Crippen LogP contribution is 2.13. The van der Waals surface area contributed by atoms with Crippen LogP contribution in [0, 0.1) is 0 Å². The molecule has 0 aromatic rings. The summed E-state index contributed by atoms with van der Waals surface area (Å²) in [5.41, 5.74) is 0. The third kappa shape index (κ3) is 43.7. The molecule has 0 amide bonds. The number of ether oxygens (including phenoxy) is 3. The van der Waals surface area contributed by atoms with E-state index in [0.717, 1.165) is 135 Å². The molecule has 0 radical (unpaired) electrons. The first kappa shape index (κ1) is 54.6. The fourth-order valence-electron chi connectivity index (χ4n) is 6.15. The molecule has 1 atom stereocenters. The molecule has 0 heterocycles. The first-order chi connectivity index (χ1) is 28.5. The summed E-state index contributed by atoms with van der Waals surface area (Å²) in [6.07, 6.45) is 58.7. The van der Waals surface area contributed by atoms with Gasteiger partial charge in [-0.15, -0.1) is 0 Å². The second-order valence-corrected chi connectivity index (χ2v) is 15.3. The molecule has 0 fully saturated rings. The molecule has 0 rings (SSSR count). The summed E-state index contributed by atoms with van der Waals surface area (Å²) in [6, 6.07) is 0. The van der Waals surface area contributed by atoms with Gasteiger partial charge >= 0.3 is 17.9 Å². The quantitative estimate of drug-likeness (QED) is 0.0265. The van der Waals surface area contributed by atoms with Crippen LogP contribution in [-0.4, -0.2) is 37.2 Å². The number of rotatable bonds is 41. The van der Waals surface area contributed by atoms with Crippen molar-refractivity contribution in [3.8, 4) is 0 Å². The lowest BCUT2D eigenvalue weighted by Gasteiger charge is -2.18. The first-order valence-electron chi connectivity index (χ1n) is 23.6. The Balaban J connectivity index is 4.31. The number of esters is 3. The summed E-state index contributed by atoms with van der Waals surface area (Å²) < 4.78 is 16.6. The van der Waals surface area contributed by atoms with Crippen molar-refractivity contribution in [2.45, 2.75) is 213 Å². The minimum atomic E-state index is -0.787. The van der Waals surface area contributed by atoms with Crippen molar-refractivity contribution in [3.63, 3.8) is 0 Å². The van der Waals surface area contributed by atoms with E-state index in [-0.39, 0.29) is 31.1 Å². The number of allylic oxidation sites excluding steroid dienone is 14. The van der Waals surface area contributed by atoms with Crippen LogP contribution in [0.15, 0.2) is 85.1 Å². The zero-order chi connectivity index (χ0) is 42.3. The van der Waals surface area contributed by atoms with Gasteiger partial charge in [0.1, 0.15) is 13.2 Å². The number of carbonyl (C=O) groups is 3. The van der Waals surface area contributed by atoms with Crippen LogP contribution in [-0.2, 0) is 28.6 Å². The van der Waals surface area contributed by atoms with Gasteiger partial charge in [0.15, 0.2) is 6.10 Å². The van der Waals surface area contributed by atoms with Crippen molar-refractivity contribution < 1.29 is 28.6 Å². The van der Waals surface area contributed by atoms with Gasteiger partial charge in [-0.2, -0.15) is 0 Å². The Morgan fingerprint density at radius 2 is 0.672 bits per heavy atom. The average Bonchev–Trinajstić information content (AvgIpc) is 3.22. The molecule has 0 bridgehead atoms. The first-order valence-corrected chi connectivity index (χ1v) is 23.6. The predicted octanol–water partition coefficient (Wildman–Crippen LogP) is 15.3. The number of unbranched alkanes of at least 4 members (excludes halogenated alkanes) is 16. The summed E-state index contributed by atoms with van der Waals surface area (Å²) in [5.74, 6) is -0.936. The number of hydrogen-bond acceptors (Lipinski definition) is 6. The maximum absolute atomic E-state index is 12.7. The molecule has 0 aromatic heterocycles. The van der Waals surface area contributed by atoms with Gasteiger partial charge in [0.05, 0.1) is 0 Å². The average molecular weight is 807 g/mol. The third-order valence-electron chi connectivity index (χ3n) is 9.65. The van der Waals surface area contributed by atoms with Crippen LogP contribution in [0.3, 0.4) is 0 Å². The van der Waals surface area contributed by atoms with Crippen LogP contribution in [0.5, 0.6) is 0 Å². The zero-order valence-electron chi connectivity index (χ0n) is 37.5. The Hall–Kier alpha value is -3.41. The maximum atomic E-state index is 12.7. The summed E-state index contributed by atoms with van der Waals surface area (Å²) in [5, 5.41) is 0. The van der Waals surface area contributed by atoms with E-state index in [2.05, 4.69) is 106 Å². The van der Waals surface area contributed by atoms with Crippen molar-refractivity contribution in [3.05, 3.63) is 85.1 Å². The molecule has 0 aromatic carbocycles. The van der Waals surface area contributed by atoms with Crippen LogP contribution < -0.4 is 0 Å². The lowest BCUT2D eigenvalue weighted by atomic mass is 10.1. The van der Waals surface area contributed by atoms with E-state index >= 15 is 0 Å². The lowest BCUT2D eigenvalue weighted by molar-refractivity contribution is -0.167. The Morgan fingerprint density at radius 3 is 1.05 bits per heavy atom. The normalized spacial score (nSPS) is 12.8. The van der Waals surface area contributed by atoms with Crippen LogP contribution in [0.25, 0.3) is 0 Å². The van der Waals surface area contributed by atoms with Crippen molar-refractivity contribution in [2.75, 3.05) is 13.2 Å². The second-order valence-electron chi connectivity index (χ2n) is 15.3. The van der Waals surface area contributed by atoms with E-state index < -0.39 is 6.10 Å². The zero-order valence-corrected chi connectivity index (χ0v) is 37.5. The smallest absolute Gasteiger partial charge is 0.306 e. The Bertz CT molecular complexity index is 1160. The third-order valence-corrected chi connectivity index (χ3v) is 9.65. The molecule has 0 saturated heterocycles. The van der Waals surface area contributed by atoms with Crippen molar-refractivity contribution >= 4 is 17.9 Å². The molecule has 0 aliphatic carbocycles. The summed E-state index contributed by atoms with van der Waals surface area (Å²) >= 11 is 0. The fraction of sp³-hybridized carbons (Fsp3) is 0.673. The summed E-state index contributed by atoms with van der Waals surface area (Å²) in [4.78, 5) is 37.6. The summed E-state index contributed by atoms with van der Waals surface area (Å²) in [6.45, 7) is 6.31. The van der Waals surface area contributed by atoms with Crippen LogP contribution >= 0.6 is 0 Å². The molecule has 1 unspecified atom stereocenters. The molecule has 6 heteroatoms. The maximum Gasteiger partial charge on any atom is 0.306 e. The van der Waals surface area contributed by atoms with E-state index in [1.807, 2.05) is 0 Å². The highest BCUT2D eigenvalue weighted by Gasteiger charge is 2.19. The van der Waals surface area contributed by atoms with E-state index in [1.165, 1.54) is 32.1 Å². The van der Waals surface area contributed by atoms with Gasteiger partial charge in [0, 0.05) is 19.3 Å². The Kier molecular flexibility index (Phi) is 43.6. The minimum absolute atomic E-state index is 0.0895.